The summed E-state index contributed by atoms with van der Waals surface area (Å²) in [5.74, 6) is 0.705. The average molecular weight is 446 g/mol. The lowest BCUT2D eigenvalue weighted by atomic mass is 10.2. The van der Waals surface area contributed by atoms with E-state index in [1.165, 1.54) is 10.4 Å². The molecule has 3 rings (SSSR count). The van der Waals surface area contributed by atoms with Crippen LogP contribution < -0.4 is 10.1 Å². The van der Waals surface area contributed by atoms with Gasteiger partial charge in [-0.15, -0.1) is 0 Å². The van der Waals surface area contributed by atoms with Crippen molar-refractivity contribution in [1.82, 2.24) is 9.21 Å². The van der Waals surface area contributed by atoms with E-state index in [1.807, 2.05) is 38.2 Å². The molecule has 1 N–H and O–H groups in total. The maximum atomic E-state index is 12.7. The number of rotatable bonds is 10. The maximum Gasteiger partial charge on any atom is 0.243 e. The zero-order chi connectivity index (χ0) is 22.3. The molecule has 1 saturated heterocycles. The molecule has 0 saturated carbocycles. The first-order valence-electron chi connectivity index (χ1n) is 10.7. The van der Waals surface area contributed by atoms with Crippen LogP contribution in [0.1, 0.15) is 31.7 Å². The summed E-state index contributed by atoms with van der Waals surface area (Å²) in [7, 11) is -1.53. The highest BCUT2D eigenvalue weighted by atomic mass is 32.2. The third-order valence-corrected chi connectivity index (χ3v) is 7.12. The predicted octanol–water partition coefficient (Wildman–Crippen LogP) is 3.33. The molecule has 0 spiro atoms. The molecule has 0 unspecified atom stereocenters. The Morgan fingerprint density at radius 1 is 1.13 bits per heavy atom. The van der Waals surface area contributed by atoms with Crippen molar-refractivity contribution in [2.45, 2.75) is 37.6 Å². The van der Waals surface area contributed by atoms with Crippen molar-refractivity contribution in [3.05, 3.63) is 54.1 Å². The highest BCUT2D eigenvalue weighted by Gasteiger charge is 2.27. The topological polar surface area (TPSA) is 79.0 Å². The van der Waals surface area contributed by atoms with Gasteiger partial charge in [-0.25, -0.2) is 8.42 Å². The van der Waals surface area contributed by atoms with Crippen molar-refractivity contribution in [3.8, 4) is 5.75 Å². The fourth-order valence-electron chi connectivity index (χ4n) is 3.58. The van der Waals surface area contributed by atoms with Gasteiger partial charge in [0.15, 0.2) is 0 Å². The van der Waals surface area contributed by atoms with Gasteiger partial charge >= 0.3 is 0 Å². The van der Waals surface area contributed by atoms with Gasteiger partial charge in [0.1, 0.15) is 5.75 Å². The summed E-state index contributed by atoms with van der Waals surface area (Å²) in [4.78, 5) is 14.7. The first-order chi connectivity index (χ1) is 14.9. The van der Waals surface area contributed by atoms with Gasteiger partial charge in [0.2, 0.25) is 15.9 Å². The number of amides is 1. The molecule has 1 amide bonds. The first kappa shape index (κ1) is 23.2. The van der Waals surface area contributed by atoms with Crippen LogP contribution in [-0.4, -0.2) is 56.8 Å². The van der Waals surface area contributed by atoms with E-state index >= 15 is 0 Å². The van der Waals surface area contributed by atoms with Crippen LogP contribution in [0.25, 0.3) is 0 Å². The molecule has 1 heterocycles. The highest BCUT2D eigenvalue weighted by Crippen LogP contribution is 2.23. The van der Waals surface area contributed by atoms with E-state index in [1.54, 1.807) is 18.2 Å². The normalized spacial score (nSPS) is 14.7. The summed E-state index contributed by atoms with van der Waals surface area (Å²) in [5.41, 5.74) is 1.64. The molecule has 0 radical (unpaired) electrons. The molecule has 7 nitrogen and oxygen atoms in total. The van der Waals surface area contributed by atoms with E-state index in [-0.39, 0.29) is 10.8 Å². The SMILES string of the molecule is CCOc1ccc(CN(C)CCC(=O)Nc2cccc(S(=O)(=O)N3CCCC3)c2)cc1. The minimum Gasteiger partial charge on any atom is -0.494 e. The van der Waals surface area contributed by atoms with Gasteiger partial charge in [0.25, 0.3) is 0 Å². The number of hydrogen-bond donors (Lipinski definition) is 1. The number of carbonyl (C=O) groups is 1. The van der Waals surface area contributed by atoms with E-state index < -0.39 is 10.0 Å². The van der Waals surface area contributed by atoms with Crippen LogP contribution in [0.15, 0.2) is 53.4 Å². The van der Waals surface area contributed by atoms with Crippen LogP contribution in [0.5, 0.6) is 5.75 Å². The Morgan fingerprint density at radius 3 is 2.52 bits per heavy atom. The van der Waals surface area contributed by atoms with Crippen molar-refractivity contribution in [3.63, 3.8) is 0 Å². The van der Waals surface area contributed by atoms with Crippen molar-refractivity contribution in [2.75, 3.05) is 38.6 Å². The molecule has 0 bridgehead atoms. The fraction of sp³-hybridized carbons (Fsp3) is 0.435. The Balaban J connectivity index is 1.50. The molecule has 2 aromatic rings. The Labute approximate surface area is 185 Å². The summed E-state index contributed by atoms with van der Waals surface area (Å²) in [5, 5.41) is 2.82. The van der Waals surface area contributed by atoms with Crippen molar-refractivity contribution >= 4 is 21.6 Å². The van der Waals surface area contributed by atoms with Crippen LogP contribution >= 0.6 is 0 Å². The van der Waals surface area contributed by atoms with Gasteiger partial charge in [-0.3, -0.25) is 4.79 Å². The standard InChI is InChI=1S/C23H31N3O4S/c1-3-30-21-11-9-19(10-12-21)18-25(2)16-13-23(27)24-20-7-6-8-22(17-20)31(28,29)26-14-4-5-15-26/h6-12,17H,3-5,13-16,18H2,1-2H3,(H,24,27). The highest BCUT2D eigenvalue weighted by molar-refractivity contribution is 7.89. The summed E-state index contributed by atoms with van der Waals surface area (Å²) in [6.45, 7) is 5.02. The summed E-state index contributed by atoms with van der Waals surface area (Å²) >= 11 is 0. The van der Waals surface area contributed by atoms with Crippen molar-refractivity contribution in [1.29, 1.82) is 0 Å². The number of benzene rings is 2. The quantitative estimate of drug-likeness (QED) is 0.607. The molecule has 1 aliphatic rings. The van der Waals surface area contributed by atoms with Crippen molar-refractivity contribution < 1.29 is 17.9 Å². The third kappa shape index (κ3) is 6.53. The number of ether oxygens (including phenoxy) is 1. The smallest absolute Gasteiger partial charge is 0.243 e. The molecule has 168 valence electrons. The predicted molar refractivity (Wildman–Crippen MR) is 122 cm³/mol. The molecular weight excluding hydrogens is 414 g/mol. The molecule has 0 atom stereocenters. The van der Waals surface area contributed by atoms with E-state index in [9.17, 15) is 13.2 Å². The van der Waals surface area contributed by atoms with E-state index in [2.05, 4.69) is 10.2 Å². The van der Waals surface area contributed by atoms with Crippen LogP contribution in [0.2, 0.25) is 0 Å². The van der Waals surface area contributed by atoms with Gasteiger partial charge in [0.05, 0.1) is 11.5 Å². The van der Waals surface area contributed by atoms with Gasteiger partial charge in [-0.2, -0.15) is 4.31 Å². The van der Waals surface area contributed by atoms with Crippen LogP contribution in [0, 0.1) is 0 Å². The lowest BCUT2D eigenvalue weighted by Crippen LogP contribution is -2.28. The van der Waals surface area contributed by atoms with Crippen molar-refractivity contribution in [2.24, 2.45) is 0 Å². The number of hydrogen-bond acceptors (Lipinski definition) is 5. The molecule has 2 aromatic carbocycles. The second kappa shape index (κ2) is 10.7. The summed E-state index contributed by atoms with van der Waals surface area (Å²) in [6.07, 6.45) is 2.09. The molecule has 1 fully saturated rings. The Kier molecular flexibility index (Phi) is 8.06. The zero-order valence-electron chi connectivity index (χ0n) is 18.2. The second-order valence-electron chi connectivity index (χ2n) is 7.75. The molecule has 8 heteroatoms. The van der Waals surface area contributed by atoms with Gasteiger partial charge < -0.3 is 15.0 Å². The molecule has 0 aromatic heterocycles. The Morgan fingerprint density at radius 2 is 1.84 bits per heavy atom. The summed E-state index contributed by atoms with van der Waals surface area (Å²) < 4.78 is 32.4. The number of anilines is 1. The van der Waals surface area contributed by atoms with Gasteiger partial charge in [0, 0.05) is 38.3 Å². The number of nitrogens with one attached hydrogen (secondary N) is 1. The first-order valence-corrected chi connectivity index (χ1v) is 12.1. The van der Waals surface area contributed by atoms with Crippen LogP contribution in [0.3, 0.4) is 0 Å². The zero-order valence-corrected chi connectivity index (χ0v) is 19.0. The number of nitrogens with zero attached hydrogens (tertiary/aromatic N) is 2. The molecule has 31 heavy (non-hydrogen) atoms. The largest absolute Gasteiger partial charge is 0.494 e. The molecule has 1 aliphatic heterocycles. The maximum absolute atomic E-state index is 12.7. The van der Waals surface area contributed by atoms with Gasteiger partial charge in [-0.1, -0.05) is 18.2 Å². The monoisotopic (exact) mass is 445 g/mol. The minimum absolute atomic E-state index is 0.144. The molecule has 0 aliphatic carbocycles. The van der Waals surface area contributed by atoms with Crippen LogP contribution in [-0.2, 0) is 21.4 Å². The Bertz CT molecular complexity index is 971. The summed E-state index contributed by atoms with van der Waals surface area (Å²) in [6, 6.07) is 14.4. The average Bonchev–Trinajstić information content (AvgIpc) is 3.30. The lowest BCUT2D eigenvalue weighted by molar-refractivity contribution is -0.116. The third-order valence-electron chi connectivity index (χ3n) is 5.23. The van der Waals surface area contributed by atoms with E-state index in [0.29, 0.717) is 38.3 Å². The fourth-order valence-corrected chi connectivity index (χ4v) is 5.14. The van der Waals surface area contributed by atoms with E-state index in [0.717, 1.165) is 30.7 Å². The minimum atomic E-state index is -3.50. The second-order valence-corrected chi connectivity index (χ2v) is 9.69. The number of carbonyl (C=O) groups excluding carboxylic acids is 1. The van der Waals surface area contributed by atoms with Crippen LogP contribution in [0.4, 0.5) is 5.69 Å². The Hall–Kier alpha value is -2.42. The lowest BCUT2D eigenvalue weighted by Gasteiger charge is -2.17. The van der Waals surface area contributed by atoms with E-state index in [4.69, 9.17) is 4.74 Å². The van der Waals surface area contributed by atoms with Gasteiger partial charge in [-0.05, 0) is 62.7 Å². The molecular formula is C23H31N3O4S. The number of sulfonamides is 1.